The molecule has 1 aromatic carbocycles. The molecule has 0 bridgehead atoms. The molecule has 1 aromatic rings. The maximum atomic E-state index is 12.1. The van der Waals surface area contributed by atoms with Gasteiger partial charge in [-0.1, -0.05) is 30.3 Å². The van der Waals surface area contributed by atoms with Crippen LogP contribution in [0.25, 0.3) is 0 Å². The lowest BCUT2D eigenvalue weighted by molar-refractivity contribution is -0.151. The number of amides is 1. The summed E-state index contributed by atoms with van der Waals surface area (Å²) in [6, 6.07) is 10.1. The number of rotatable bonds is 6. The van der Waals surface area contributed by atoms with E-state index in [0.29, 0.717) is 19.7 Å². The van der Waals surface area contributed by atoms with Gasteiger partial charge in [-0.25, -0.2) is 0 Å². The highest BCUT2D eigenvalue weighted by molar-refractivity contribution is 5.86. The van der Waals surface area contributed by atoms with Gasteiger partial charge in [0, 0.05) is 26.1 Å². The minimum Gasteiger partial charge on any atom is -0.463 e. The van der Waals surface area contributed by atoms with Crippen molar-refractivity contribution in [1.82, 2.24) is 4.90 Å². The Labute approximate surface area is 136 Å². The van der Waals surface area contributed by atoms with Crippen molar-refractivity contribution in [2.75, 3.05) is 26.3 Å². The molecule has 124 valence electrons. The highest BCUT2D eigenvalue weighted by Gasteiger charge is 2.35. The monoisotopic (exact) mass is 317 g/mol. The Morgan fingerprint density at radius 2 is 2.13 bits per heavy atom. The first kappa shape index (κ1) is 16.0. The third-order valence-corrected chi connectivity index (χ3v) is 4.50. The van der Waals surface area contributed by atoms with E-state index in [-0.39, 0.29) is 30.3 Å². The lowest BCUT2D eigenvalue weighted by atomic mass is 10.1. The quantitative estimate of drug-likeness (QED) is 0.751. The summed E-state index contributed by atoms with van der Waals surface area (Å²) in [4.78, 5) is 25.9. The molecular formula is C18H23NO4. The van der Waals surface area contributed by atoms with Gasteiger partial charge in [-0.15, -0.1) is 0 Å². The van der Waals surface area contributed by atoms with Gasteiger partial charge in [0.05, 0.1) is 12.0 Å². The fourth-order valence-electron chi connectivity index (χ4n) is 3.12. The van der Waals surface area contributed by atoms with Crippen LogP contribution in [0, 0.1) is 5.92 Å². The van der Waals surface area contributed by atoms with Crippen LogP contribution < -0.4 is 0 Å². The zero-order chi connectivity index (χ0) is 16.1. The Morgan fingerprint density at radius 1 is 1.30 bits per heavy atom. The van der Waals surface area contributed by atoms with E-state index < -0.39 is 0 Å². The van der Waals surface area contributed by atoms with Gasteiger partial charge in [0.25, 0.3) is 0 Å². The fraction of sp³-hybridized carbons (Fsp3) is 0.556. The molecule has 2 saturated heterocycles. The molecule has 5 heteroatoms. The lowest BCUT2D eigenvalue weighted by Gasteiger charge is -2.17. The minimum absolute atomic E-state index is 0.0326. The molecule has 3 rings (SSSR count). The standard InChI is InChI=1S/C18H23NO4/c20-17-11-15(18(21)23-13-16-7-4-10-22-16)12-19(17)9-8-14-5-2-1-3-6-14/h1-3,5-6,15-16H,4,7-13H2. The van der Waals surface area contributed by atoms with Crippen LogP contribution >= 0.6 is 0 Å². The SMILES string of the molecule is O=C(OCC1CCCO1)C1CC(=O)N(CCc2ccccc2)C1. The third kappa shape index (κ3) is 4.32. The minimum atomic E-state index is -0.334. The van der Waals surface area contributed by atoms with Crippen LogP contribution in [0.4, 0.5) is 0 Å². The molecule has 2 aliphatic heterocycles. The molecule has 2 aliphatic rings. The normalized spacial score (nSPS) is 24.2. The number of carbonyl (C=O) groups excluding carboxylic acids is 2. The van der Waals surface area contributed by atoms with E-state index in [1.54, 1.807) is 4.90 Å². The van der Waals surface area contributed by atoms with Crippen LogP contribution in [0.1, 0.15) is 24.8 Å². The number of benzene rings is 1. The molecule has 0 N–H and O–H groups in total. The molecule has 0 aromatic heterocycles. The van der Waals surface area contributed by atoms with Crippen molar-refractivity contribution in [1.29, 1.82) is 0 Å². The smallest absolute Gasteiger partial charge is 0.311 e. The van der Waals surface area contributed by atoms with Gasteiger partial charge >= 0.3 is 5.97 Å². The van der Waals surface area contributed by atoms with Crippen molar-refractivity contribution in [2.24, 2.45) is 5.92 Å². The Hall–Kier alpha value is -1.88. The maximum absolute atomic E-state index is 12.1. The molecule has 23 heavy (non-hydrogen) atoms. The molecule has 2 heterocycles. The number of ether oxygens (including phenoxy) is 2. The fourth-order valence-corrected chi connectivity index (χ4v) is 3.12. The number of nitrogens with zero attached hydrogens (tertiary/aromatic N) is 1. The molecule has 0 saturated carbocycles. The molecule has 1 amide bonds. The lowest BCUT2D eigenvalue weighted by Crippen LogP contribution is -2.29. The Bertz CT molecular complexity index is 539. The average molecular weight is 317 g/mol. The molecule has 5 nitrogen and oxygen atoms in total. The summed E-state index contributed by atoms with van der Waals surface area (Å²) in [5.74, 6) is -0.560. The zero-order valence-electron chi connectivity index (χ0n) is 13.3. The number of likely N-dealkylation sites (tertiary alicyclic amines) is 1. The van der Waals surface area contributed by atoms with Crippen molar-refractivity contribution in [3.63, 3.8) is 0 Å². The Kier molecular flexibility index (Phi) is 5.28. The van der Waals surface area contributed by atoms with E-state index in [1.807, 2.05) is 30.3 Å². The second-order valence-corrected chi connectivity index (χ2v) is 6.24. The van der Waals surface area contributed by atoms with Crippen LogP contribution in [0.15, 0.2) is 30.3 Å². The van der Waals surface area contributed by atoms with Crippen LogP contribution in [0.2, 0.25) is 0 Å². The predicted octanol–water partition coefficient (Wildman–Crippen LogP) is 1.80. The van der Waals surface area contributed by atoms with Crippen molar-refractivity contribution in [2.45, 2.75) is 31.8 Å². The summed E-state index contributed by atoms with van der Waals surface area (Å²) in [6.45, 7) is 2.18. The second-order valence-electron chi connectivity index (χ2n) is 6.24. The number of esters is 1. The van der Waals surface area contributed by atoms with Crippen molar-refractivity contribution >= 4 is 11.9 Å². The number of hydrogen-bond acceptors (Lipinski definition) is 4. The first-order valence-corrected chi connectivity index (χ1v) is 8.32. The summed E-state index contributed by atoms with van der Waals surface area (Å²) in [6.07, 6.45) is 3.08. The first-order valence-electron chi connectivity index (χ1n) is 8.32. The molecule has 2 atom stereocenters. The van der Waals surface area contributed by atoms with Gasteiger partial charge in [0.2, 0.25) is 5.91 Å². The maximum Gasteiger partial charge on any atom is 0.311 e. The van der Waals surface area contributed by atoms with Gasteiger partial charge in [-0.2, -0.15) is 0 Å². The summed E-state index contributed by atoms with van der Waals surface area (Å²) in [5, 5.41) is 0. The Balaban J connectivity index is 1.43. The molecule has 0 radical (unpaired) electrons. The molecule has 0 aliphatic carbocycles. The molecular weight excluding hydrogens is 294 g/mol. The highest BCUT2D eigenvalue weighted by atomic mass is 16.6. The largest absolute Gasteiger partial charge is 0.463 e. The van der Waals surface area contributed by atoms with E-state index in [1.165, 1.54) is 5.56 Å². The molecule has 2 unspecified atom stereocenters. The van der Waals surface area contributed by atoms with E-state index in [2.05, 4.69) is 0 Å². The van der Waals surface area contributed by atoms with Crippen LogP contribution in [0.3, 0.4) is 0 Å². The van der Waals surface area contributed by atoms with Crippen LogP contribution in [0.5, 0.6) is 0 Å². The van der Waals surface area contributed by atoms with E-state index >= 15 is 0 Å². The van der Waals surface area contributed by atoms with Gasteiger partial charge in [-0.3, -0.25) is 9.59 Å². The Morgan fingerprint density at radius 3 is 2.87 bits per heavy atom. The van der Waals surface area contributed by atoms with E-state index in [9.17, 15) is 9.59 Å². The van der Waals surface area contributed by atoms with E-state index in [0.717, 1.165) is 25.9 Å². The topological polar surface area (TPSA) is 55.8 Å². The second kappa shape index (κ2) is 7.59. The summed E-state index contributed by atoms with van der Waals surface area (Å²) in [7, 11) is 0. The van der Waals surface area contributed by atoms with Crippen molar-refractivity contribution in [3.8, 4) is 0 Å². The summed E-state index contributed by atoms with van der Waals surface area (Å²) in [5.41, 5.74) is 1.20. The first-order chi connectivity index (χ1) is 11.2. The van der Waals surface area contributed by atoms with Gasteiger partial charge in [-0.05, 0) is 24.8 Å². The zero-order valence-corrected chi connectivity index (χ0v) is 13.3. The van der Waals surface area contributed by atoms with Crippen molar-refractivity contribution < 1.29 is 19.1 Å². The third-order valence-electron chi connectivity index (χ3n) is 4.50. The predicted molar refractivity (Wildman–Crippen MR) is 84.8 cm³/mol. The van der Waals surface area contributed by atoms with Crippen LogP contribution in [-0.4, -0.2) is 49.2 Å². The van der Waals surface area contributed by atoms with Gasteiger partial charge in [0.1, 0.15) is 6.61 Å². The summed E-state index contributed by atoms with van der Waals surface area (Å²) >= 11 is 0. The summed E-state index contributed by atoms with van der Waals surface area (Å²) < 4.78 is 10.8. The van der Waals surface area contributed by atoms with Gasteiger partial charge < -0.3 is 14.4 Å². The van der Waals surface area contributed by atoms with E-state index in [4.69, 9.17) is 9.47 Å². The average Bonchev–Trinajstić information content (AvgIpc) is 3.21. The van der Waals surface area contributed by atoms with Gasteiger partial charge in [0.15, 0.2) is 0 Å². The van der Waals surface area contributed by atoms with Crippen LogP contribution in [-0.2, 0) is 25.5 Å². The van der Waals surface area contributed by atoms with Crippen molar-refractivity contribution in [3.05, 3.63) is 35.9 Å². The number of carbonyl (C=O) groups is 2. The molecule has 2 fully saturated rings. The molecule has 0 spiro atoms. The highest BCUT2D eigenvalue weighted by Crippen LogP contribution is 2.20. The number of hydrogen-bond donors (Lipinski definition) is 0.